The van der Waals surface area contributed by atoms with Crippen molar-refractivity contribution in [3.8, 4) is 0 Å². The summed E-state index contributed by atoms with van der Waals surface area (Å²) in [6.07, 6.45) is 3.75. The first kappa shape index (κ1) is 13.4. The van der Waals surface area contributed by atoms with Crippen molar-refractivity contribution in [3.63, 3.8) is 0 Å². The van der Waals surface area contributed by atoms with Gasteiger partial charge < -0.3 is 9.84 Å². The van der Waals surface area contributed by atoms with E-state index in [0.29, 0.717) is 6.42 Å². The Kier molecular flexibility index (Phi) is 6.54. The minimum Gasteiger partial charge on any atom is -0.460 e. The topological polar surface area (TPSA) is 46.5 Å². The van der Waals surface area contributed by atoms with Gasteiger partial charge in [-0.1, -0.05) is 13.3 Å². The number of hydrogen-bond donors (Lipinski definition) is 1. The molecule has 0 unspecified atom stereocenters. The van der Waals surface area contributed by atoms with E-state index in [9.17, 15) is 4.79 Å². The highest BCUT2D eigenvalue weighted by atomic mass is 16.6. The van der Waals surface area contributed by atoms with Crippen molar-refractivity contribution in [2.24, 2.45) is 0 Å². The highest BCUT2D eigenvalue weighted by molar-refractivity contribution is 5.69. The second-order valence-electron chi connectivity index (χ2n) is 4.12. The average Bonchev–Trinajstić information content (AvgIpc) is 2.12. The molecule has 0 fully saturated rings. The van der Waals surface area contributed by atoms with E-state index in [2.05, 4.69) is 0 Å². The predicted molar refractivity (Wildman–Crippen MR) is 56.0 cm³/mol. The van der Waals surface area contributed by atoms with Gasteiger partial charge in [0.1, 0.15) is 5.60 Å². The number of esters is 1. The summed E-state index contributed by atoms with van der Waals surface area (Å²) in [5.41, 5.74) is -0.339. The summed E-state index contributed by atoms with van der Waals surface area (Å²) < 4.78 is 5.27. The predicted octanol–water partition coefficient (Wildman–Crippen LogP) is 2.27. The molecule has 0 bridgehead atoms. The minimum atomic E-state index is -0.339. The van der Waals surface area contributed by atoms with Crippen molar-refractivity contribution >= 4 is 5.97 Å². The van der Waals surface area contributed by atoms with Gasteiger partial charge in [-0.25, -0.2) is 0 Å². The van der Waals surface area contributed by atoms with Gasteiger partial charge in [0.25, 0.3) is 0 Å². The fourth-order valence-corrected chi connectivity index (χ4v) is 0.989. The molecule has 0 saturated heterocycles. The zero-order valence-corrected chi connectivity index (χ0v) is 9.51. The van der Waals surface area contributed by atoms with Gasteiger partial charge in [0.15, 0.2) is 0 Å². The van der Waals surface area contributed by atoms with Crippen LogP contribution >= 0.6 is 0 Å². The lowest BCUT2D eigenvalue weighted by Gasteiger charge is -2.23. The van der Waals surface area contributed by atoms with Gasteiger partial charge in [0.05, 0.1) is 0 Å². The fraction of sp³-hybridized carbons (Fsp3) is 0.909. The molecule has 0 heterocycles. The van der Waals surface area contributed by atoms with E-state index in [0.717, 1.165) is 25.7 Å². The summed E-state index contributed by atoms with van der Waals surface area (Å²) in [6, 6.07) is 0. The maximum Gasteiger partial charge on any atom is 0.306 e. The molecule has 0 aromatic heterocycles. The number of rotatable bonds is 7. The number of aliphatic hydroxyl groups is 1. The molecule has 0 atom stereocenters. The van der Waals surface area contributed by atoms with Crippen LogP contribution in [0.4, 0.5) is 0 Å². The molecule has 14 heavy (non-hydrogen) atoms. The monoisotopic (exact) mass is 202 g/mol. The Hall–Kier alpha value is -0.570. The summed E-state index contributed by atoms with van der Waals surface area (Å²) in [7, 11) is 0. The zero-order chi connectivity index (χ0) is 11.0. The first-order chi connectivity index (χ1) is 6.52. The Balaban J connectivity index is 3.55. The first-order valence-electron chi connectivity index (χ1n) is 5.34. The summed E-state index contributed by atoms with van der Waals surface area (Å²) in [5.74, 6) is -0.130. The molecule has 0 spiro atoms. The summed E-state index contributed by atoms with van der Waals surface area (Å²) in [4.78, 5) is 11.3. The summed E-state index contributed by atoms with van der Waals surface area (Å²) >= 11 is 0. The van der Waals surface area contributed by atoms with E-state index in [4.69, 9.17) is 9.84 Å². The van der Waals surface area contributed by atoms with Gasteiger partial charge >= 0.3 is 5.97 Å². The molecular weight excluding hydrogens is 180 g/mol. The van der Waals surface area contributed by atoms with Gasteiger partial charge in [-0.2, -0.15) is 0 Å². The summed E-state index contributed by atoms with van der Waals surface area (Å²) in [5, 5.41) is 8.54. The number of ether oxygens (including phenoxy) is 1. The molecule has 0 aliphatic heterocycles. The Morgan fingerprint density at radius 3 is 2.43 bits per heavy atom. The third-order valence-electron chi connectivity index (χ3n) is 2.28. The molecule has 0 aromatic carbocycles. The molecule has 0 rings (SSSR count). The SMILES string of the molecule is CCC(C)(C)OC(=O)CCCCCO. The standard InChI is InChI=1S/C11H22O3/c1-4-11(2,3)14-10(13)8-6-5-7-9-12/h12H,4-9H2,1-3H3. The maximum atomic E-state index is 11.3. The van der Waals surface area contributed by atoms with E-state index in [1.807, 2.05) is 20.8 Å². The lowest BCUT2D eigenvalue weighted by Crippen LogP contribution is -2.26. The Morgan fingerprint density at radius 1 is 1.29 bits per heavy atom. The molecule has 3 nitrogen and oxygen atoms in total. The number of hydrogen-bond acceptors (Lipinski definition) is 3. The highest BCUT2D eigenvalue weighted by Crippen LogP contribution is 2.15. The zero-order valence-electron chi connectivity index (χ0n) is 9.51. The molecule has 0 saturated carbocycles. The number of unbranched alkanes of at least 4 members (excludes halogenated alkanes) is 2. The minimum absolute atomic E-state index is 0.130. The summed E-state index contributed by atoms with van der Waals surface area (Å²) in [6.45, 7) is 6.03. The third kappa shape index (κ3) is 6.89. The molecule has 0 aliphatic rings. The van der Waals surface area contributed by atoms with E-state index in [1.54, 1.807) is 0 Å². The van der Waals surface area contributed by atoms with Crippen LogP contribution in [0.2, 0.25) is 0 Å². The van der Waals surface area contributed by atoms with Gasteiger partial charge in [-0.05, 0) is 33.1 Å². The second kappa shape index (κ2) is 6.82. The van der Waals surface area contributed by atoms with E-state index in [1.165, 1.54) is 0 Å². The van der Waals surface area contributed by atoms with Crippen LogP contribution in [0, 0.1) is 0 Å². The molecule has 3 heteroatoms. The van der Waals surface area contributed by atoms with Crippen molar-refractivity contribution in [1.29, 1.82) is 0 Å². The lowest BCUT2D eigenvalue weighted by atomic mass is 10.1. The Bertz CT molecular complexity index is 164. The molecule has 0 aliphatic carbocycles. The number of aliphatic hydroxyl groups excluding tert-OH is 1. The number of carbonyl (C=O) groups excluding carboxylic acids is 1. The normalized spacial score (nSPS) is 11.4. The average molecular weight is 202 g/mol. The molecule has 1 N–H and O–H groups in total. The fourth-order valence-electron chi connectivity index (χ4n) is 0.989. The van der Waals surface area contributed by atoms with Crippen LogP contribution in [0.5, 0.6) is 0 Å². The third-order valence-corrected chi connectivity index (χ3v) is 2.28. The van der Waals surface area contributed by atoms with Crippen LogP contribution in [-0.4, -0.2) is 23.3 Å². The molecule has 84 valence electrons. The molecular formula is C11H22O3. The van der Waals surface area contributed by atoms with Crippen LogP contribution < -0.4 is 0 Å². The lowest BCUT2D eigenvalue weighted by molar-refractivity contribution is -0.156. The van der Waals surface area contributed by atoms with Crippen LogP contribution in [-0.2, 0) is 9.53 Å². The van der Waals surface area contributed by atoms with Gasteiger partial charge in [0.2, 0.25) is 0 Å². The van der Waals surface area contributed by atoms with Crippen LogP contribution in [0.1, 0.15) is 52.9 Å². The van der Waals surface area contributed by atoms with Crippen LogP contribution in [0.3, 0.4) is 0 Å². The molecule has 0 amide bonds. The van der Waals surface area contributed by atoms with Crippen molar-refractivity contribution in [2.75, 3.05) is 6.61 Å². The second-order valence-corrected chi connectivity index (χ2v) is 4.12. The van der Waals surface area contributed by atoms with Crippen LogP contribution in [0.15, 0.2) is 0 Å². The first-order valence-corrected chi connectivity index (χ1v) is 5.34. The largest absolute Gasteiger partial charge is 0.460 e. The van der Waals surface area contributed by atoms with E-state index < -0.39 is 0 Å². The van der Waals surface area contributed by atoms with Crippen LogP contribution in [0.25, 0.3) is 0 Å². The van der Waals surface area contributed by atoms with Crippen molar-refractivity contribution in [3.05, 3.63) is 0 Å². The maximum absolute atomic E-state index is 11.3. The quantitative estimate of drug-likeness (QED) is 0.509. The van der Waals surface area contributed by atoms with Gasteiger partial charge in [0, 0.05) is 13.0 Å². The van der Waals surface area contributed by atoms with Crippen molar-refractivity contribution in [2.45, 2.75) is 58.5 Å². The van der Waals surface area contributed by atoms with Crippen molar-refractivity contribution < 1.29 is 14.6 Å². The smallest absolute Gasteiger partial charge is 0.306 e. The molecule has 0 aromatic rings. The van der Waals surface area contributed by atoms with Gasteiger partial charge in [-0.15, -0.1) is 0 Å². The Labute approximate surface area is 86.5 Å². The van der Waals surface area contributed by atoms with E-state index >= 15 is 0 Å². The number of carbonyl (C=O) groups is 1. The highest BCUT2D eigenvalue weighted by Gasteiger charge is 2.19. The van der Waals surface area contributed by atoms with E-state index in [-0.39, 0.29) is 18.2 Å². The van der Waals surface area contributed by atoms with Crippen molar-refractivity contribution in [1.82, 2.24) is 0 Å². The molecule has 0 radical (unpaired) electrons. The Morgan fingerprint density at radius 2 is 1.93 bits per heavy atom. The van der Waals surface area contributed by atoms with Gasteiger partial charge in [-0.3, -0.25) is 4.79 Å².